The first kappa shape index (κ1) is 15.7. The largest absolute Gasteiger partial charge is 0.478 e. The summed E-state index contributed by atoms with van der Waals surface area (Å²) in [5.41, 5.74) is 12.1. The first-order valence-corrected chi connectivity index (χ1v) is 6.96. The van der Waals surface area contributed by atoms with Crippen molar-refractivity contribution in [2.75, 3.05) is 6.54 Å². The summed E-state index contributed by atoms with van der Waals surface area (Å²) in [5, 5.41) is 20.4. The van der Waals surface area contributed by atoms with Gasteiger partial charge in [0.2, 0.25) is 0 Å². The Labute approximate surface area is 127 Å². The number of aromatic carboxylic acids is 1. The van der Waals surface area contributed by atoms with Crippen molar-refractivity contribution in [1.82, 2.24) is 10.3 Å². The number of nitrogens with one attached hydrogen (secondary N) is 2. The van der Waals surface area contributed by atoms with Gasteiger partial charge in [-0.2, -0.15) is 0 Å². The van der Waals surface area contributed by atoms with Crippen LogP contribution >= 0.6 is 0 Å². The molecule has 7 heteroatoms. The van der Waals surface area contributed by atoms with Gasteiger partial charge >= 0.3 is 5.97 Å². The lowest BCUT2D eigenvalue weighted by atomic mass is 10.0. The fourth-order valence-electron chi connectivity index (χ4n) is 2.35. The van der Waals surface area contributed by atoms with Crippen LogP contribution in [0.2, 0.25) is 0 Å². The van der Waals surface area contributed by atoms with Gasteiger partial charge in [0.1, 0.15) is 0 Å². The molecule has 0 aliphatic heterocycles. The van der Waals surface area contributed by atoms with Gasteiger partial charge in [-0.05, 0) is 31.5 Å². The van der Waals surface area contributed by atoms with Crippen LogP contribution in [0.15, 0.2) is 30.3 Å². The van der Waals surface area contributed by atoms with E-state index in [9.17, 15) is 9.90 Å². The molecule has 1 aromatic heterocycles. The number of pyridine rings is 1. The molecule has 0 saturated carbocycles. The molecule has 0 spiro atoms. The predicted molar refractivity (Wildman–Crippen MR) is 84.8 cm³/mol. The van der Waals surface area contributed by atoms with E-state index in [1.54, 1.807) is 6.07 Å². The predicted octanol–water partition coefficient (Wildman–Crippen LogP) is 1.20. The summed E-state index contributed by atoms with van der Waals surface area (Å²) in [6.45, 7) is 0.464. The van der Waals surface area contributed by atoms with Crippen LogP contribution in [0, 0.1) is 5.41 Å². The highest BCUT2D eigenvalue weighted by molar-refractivity contribution is 5.94. The lowest BCUT2D eigenvalue weighted by Crippen LogP contribution is -2.35. The fourth-order valence-corrected chi connectivity index (χ4v) is 2.35. The normalized spacial score (nSPS) is 12.0. The number of aromatic nitrogens is 1. The number of carbonyl (C=O) groups is 1. The fraction of sp³-hybridized carbons (Fsp3) is 0.267. The van der Waals surface area contributed by atoms with E-state index in [1.807, 2.05) is 24.3 Å². The van der Waals surface area contributed by atoms with Crippen molar-refractivity contribution in [3.63, 3.8) is 0 Å². The van der Waals surface area contributed by atoms with Crippen molar-refractivity contribution in [3.05, 3.63) is 41.6 Å². The maximum atomic E-state index is 11.6. The standard InChI is InChI=1S/C15H19N5O2/c16-7-3-6-12(20-15(17)18)13-10(14(21)22)8-9-4-1-2-5-11(9)19-13/h1-2,4-5,8,12H,3,6-7,16H2,(H,21,22)(H4,17,18,20). The SMILES string of the molecule is N=C(N)NC(CCCN)c1nc2ccccc2cc1C(=O)O. The number of benzene rings is 1. The monoisotopic (exact) mass is 301 g/mol. The number of nitrogens with zero attached hydrogens (tertiary/aromatic N) is 1. The van der Waals surface area contributed by atoms with E-state index in [0.717, 1.165) is 5.39 Å². The molecule has 0 aliphatic carbocycles. The van der Waals surface area contributed by atoms with Crippen LogP contribution < -0.4 is 16.8 Å². The van der Waals surface area contributed by atoms with Crippen molar-refractivity contribution >= 4 is 22.8 Å². The molecule has 116 valence electrons. The van der Waals surface area contributed by atoms with Gasteiger partial charge in [0.25, 0.3) is 0 Å². The van der Waals surface area contributed by atoms with Crippen LogP contribution in [0.4, 0.5) is 0 Å². The molecule has 0 aliphatic rings. The second-order valence-electron chi connectivity index (χ2n) is 4.96. The maximum absolute atomic E-state index is 11.6. The molecule has 7 nitrogen and oxygen atoms in total. The third kappa shape index (κ3) is 3.50. The van der Waals surface area contributed by atoms with Gasteiger partial charge in [-0.3, -0.25) is 5.41 Å². The van der Waals surface area contributed by atoms with Gasteiger partial charge in [-0.1, -0.05) is 18.2 Å². The molecular formula is C15H19N5O2. The van der Waals surface area contributed by atoms with Crippen molar-refractivity contribution in [2.24, 2.45) is 11.5 Å². The molecule has 1 unspecified atom stereocenters. The van der Waals surface area contributed by atoms with E-state index in [0.29, 0.717) is 30.6 Å². The third-order valence-electron chi connectivity index (χ3n) is 3.34. The summed E-state index contributed by atoms with van der Waals surface area (Å²) >= 11 is 0. The Morgan fingerprint density at radius 3 is 2.77 bits per heavy atom. The second kappa shape index (κ2) is 6.86. The Bertz CT molecular complexity index is 701. The van der Waals surface area contributed by atoms with Crippen molar-refractivity contribution < 1.29 is 9.90 Å². The minimum atomic E-state index is -1.06. The van der Waals surface area contributed by atoms with Crippen LogP contribution in [0.3, 0.4) is 0 Å². The average Bonchev–Trinajstić information content (AvgIpc) is 2.49. The topological polar surface area (TPSA) is 138 Å². The van der Waals surface area contributed by atoms with E-state index < -0.39 is 12.0 Å². The summed E-state index contributed by atoms with van der Waals surface area (Å²) in [5.74, 6) is -1.29. The van der Waals surface area contributed by atoms with Gasteiger partial charge in [0.15, 0.2) is 5.96 Å². The molecule has 0 bridgehead atoms. The highest BCUT2D eigenvalue weighted by Gasteiger charge is 2.21. The number of para-hydroxylation sites is 1. The zero-order valence-corrected chi connectivity index (χ0v) is 12.0. The zero-order chi connectivity index (χ0) is 16.1. The Hall–Kier alpha value is -2.67. The first-order chi connectivity index (χ1) is 10.5. The molecule has 2 rings (SSSR count). The number of rotatable bonds is 6. The van der Waals surface area contributed by atoms with E-state index in [4.69, 9.17) is 16.9 Å². The molecular weight excluding hydrogens is 282 g/mol. The highest BCUT2D eigenvalue weighted by atomic mass is 16.4. The Morgan fingerprint density at radius 1 is 1.41 bits per heavy atom. The van der Waals surface area contributed by atoms with E-state index >= 15 is 0 Å². The van der Waals surface area contributed by atoms with Gasteiger partial charge in [-0.15, -0.1) is 0 Å². The van der Waals surface area contributed by atoms with Crippen LogP contribution in [0.25, 0.3) is 10.9 Å². The molecule has 0 saturated heterocycles. The minimum absolute atomic E-state index is 0.106. The van der Waals surface area contributed by atoms with Gasteiger partial charge < -0.3 is 21.9 Å². The molecule has 1 atom stereocenters. The van der Waals surface area contributed by atoms with Crippen LogP contribution in [-0.4, -0.2) is 28.6 Å². The molecule has 1 aromatic carbocycles. The molecule has 0 radical (unpaired) electrons. The Balaban J connectivity index is 2.54. The molecule has 0 amide bonds. The van der Waals surface area contributed by atoms with Gasteiger partial charge in [0.05, 0.1) is 22.8 Å². The molecule has 22 heavy (non-hydrogen) atoms. The Morgan fingerprint density at radius 2 is 2.14 bits per heavy atom. The number of guanidine groups is 1. The number of hydrogen-bond donors (Lipinski definition) is 5. The summed E-state index contributed by atoms with van der Waals surface area (Å²) in [6, 6.07) is 8.43. The lowest BCUT2D eigenvalue weighted by molar-refractivity contribution is 0.0694. The zero-order valence-electron chi connectivity index (χ0n) is 12.0. The minimum Gasteiger partial charge on any atom is -0.478 e. The van der Waals surface area contributed by atoms with Gasteiger partial charge in [0, 0.05) is 5.39 Å². The molecule has 0 fully saturated rings. The van der Waals surface area contributed by atoms with E-state index in [-0.39, 0.29) is 11.5 Å². The van der Waals surface area contributed by atoms with Crippen LogP contribution in [-0.2, 0) is 0 Å². The van der Waals surface area contributed by atoms with Crippen molar-refractivity contribution in [1.29, 1.82) is 5.41 Å². The highest BCUT2D eigenvalue weighted by Crippen LogP contribution is 2.24. The van der Waals surface area contributed by atoms with E-state index in [1.165, 1.54) is 0 Å². The number of carboxylic acid groups (broad SMARTS) is 1. The number of carboxylic acids is 1. The summed E-state index contributed by atoms with van der Waals surface area (Å²) in [6.07, 6.45) is 1.21. The van der Waals surface area contributed by atoms with E-state index in [2.05, 4.69) is 10.3 Å². The molecule has 7 N–H and O–H groups in total. The summed E-state index contributed by atoms with van der Waals surface area (Å²) < 4.78 is 0. The smallest absolute Gasteiger partial charge is 0.337 e. The van der Waals surface area contributed by atoms with Gasteiger partial charge in [-0.25, -0.2) is 9.78 Å². The Kier molecular flexibility index (Phi) is 4.90. The lowest BCUT2D eigenvalue weighted by Gasteiger charge is -2.20. The summed E-state index contributed by atoms with van der Waals surface area (Å²) in [4.78, 5) is 16.0. The number of hydrogen-bond acceptors (Lipinski definition) is 4. The van der Waals surface area contributed by atoms with Crippen molar-refractivity contribution in [2.45, 2.75) is 18.9 Å². The van der Waals surface area contributed by atoms with Crippen molar-refractivity contribution in [3.8, 4) is 0 Å². The quantitative estimate of drug-likeness (QED) is 0.401. The second-order valence-corrected chi connectivity index (χ2v) is 4.96. The maximum Gasteiger partial charge on any atom is 0.337 e. The average molecular weight is 301 g/mol. The van der Waals surface area contributed by atoms with Crippen LogP contribution in [0.1, 0.15) is 34.9 Å². The van der Waals surface area contributed by atoms with Crippen LogP contribution in [0.5, 0.6) is 0 Å². The summed E-state index contributed by atoms with van der Waals surface area (Å²) in [7, 11) is 0. The third-order valence-corrected chi connectivity index (χ3v) is 3.34. The number of nitrogens with two attached hydrogens (primary N) is 2. The molecule has 1 heterocycles. The number of fused-ring (bicyclic) bond motifs is 1. The first-order valence-electron chi connectivity index (χ1n) is 6.96. The molecule has 2 aromatic rings.